The first kappa shape index (κ1) is 12.5. The lowest BCUT2D eigenvalue weighted by atomic mass is 10.2. The number of anilines is 2. The quantitative estimate of drug-likeness (QED) is 0.454. The van der Waals surface area contributed by atoms with E-state index in [4.69, 9.17) is 10.6 Å². The van der Waals surface area contributed by atoms with Crippen LogP contribution in [0.2, 0.25) is 0 Å². The lowest BCUT2D eigenvalue weighted by Crippen LogP contribution is -2.53. The molecule has 0 saturated carbocycles. The number of nitrogen functional groups attached to an aromatic ring is 1. The van der Waals surface area contributed by atoms with Gasteiger partial charge in [-0.25, -0.2) is 10.8 Å². The van der Waals surface area contributed by atoms with E-state index in [-0.39, 0.29) is 5.91 Å². The number of hydrogen-bond donors (Lipinski definition) is 3. The molecule has 1 aromatic rings. The third-order valence-electron chi connectivity index (χ3n) is 2.74. The molecule has 1 amide bonds. The number of rotatable bonds is 3. The second-order valence-electron chi connectivity index (χ2n) is 3.81. The number of amides is 1. The van der Waals surface area contributed by atoms with Gasteiger partial charge in [-0.05, 0) is 0 Å². The van der Waals surface area contributed by atoms with Crippen molar-refractivity contribution in [1.29, 1.82) is 0 Å². The highest BCUT2D eigenvalue weighted by molar-refractivity contribution is 5.85. The molecule has 1 aliphatic heterocycles. The molecule has 1 fully saturated rings. The maximum absolute atomic E-state index is 11.8. The zero-order valence-corrected chi connectivity index (χ0v) is 10.1. The molecular formula is C10H16N6O2. The molecule has 18 heavy (non-hydrogen) atoms. The van der Waals surface area contributed by atoms with Crippen LogP contribution in [-0.2, 0) is 9.53 Å². The molecule has 0 aromatic carbocycles. The van der Waals surface area contributed by atoms with Crippen LogP contribution in [0.15, 0.2) is 12.4 Å². The monoisotopic (exact) mass is 252 g/mol. The van der Waals surface area contributed by atoms with Gasteiger partial charge >= 0.3 is 0 Å². The van der Waals surface area contributed by atoms with Gasteiger partial charge in [-0.2, -0.15) is 0 Å². The second kappa shape index (κ2) is 5.61. The van der Waals surface area contributed by atoms with Gasteiger partial charge in [-0.15, -0.1) is 0 Å². The van der Waals surface area contributed by atoms with Crippen molar-refractivity contribution in [2.45, 2.75) is 6.04 Å². The molecule has 0 aliphatic carbocycles. The van der Waals surface area contributed by atoms with Crippen LogP contribution >= 0.6 is 0 Å². The minimum atomic E-state index is -0.397. The van der Waals surface area contributed by atoms with Gasteiger partial charge in [0.2, 0.25) is 5.91 Å². The van der Waals surface area contributed by atoms with Crippen molar-refractivity contribution in [1.82, 2.24) is 15.3 Å². The molecule has 2 heterocycles. The zero-order valence-electron chi connectivity index (χ0n) is 10.1. The summed E-state index contributed by atoms with van der Waals surface area (Å²) >= 11 is 0. The first-order valence-corrected chi connectivity index (χ1v) is 5.61. The van der Waals surface area contributed by atoms with Gasteiger partial charge in [-0.1, -0.05) is 0 Å². The number of nitrogens with one attached hydrogen (secondary N) is 2. The van der Waals surface area contributed by atoms with E-state index in [1.54, 1.807) is 13.2 Å². The number of morpholine rings is 1. The summed E-state index contributed by atoms with van der Waals surface area (Å²) in [6, 6.07) is -0.397. The minimum absolute atomic E-state index is 0.109. The summed E-state index contributed by atoms with van der Waals surface area (Å²) in [6.07, 6.45) is 3.11. The van der Waals surface area contributed by atoms with Crippen molar-refractivity contribution in [2.24, 2.45) is 5.84 Å². The number of carbonyl (C=O) groups excluding carboxylic acids is 1. The third kappa shape index (κ3) is 2.49. The maximum Gasteiger partial charge on any atom is 0.244 e. The van der Waals surface area contributed by atoms with Gasteiger partial charge in [0.25, 0.3) is 0 Å². The maximum atomic E-state index is 11.8. The molecule has 2 rings (SSSR count). The molecule has 4 N–H and O–H groups in total. The first-order valence-electron chi connectivity index (χ1n) is 5.61. The molecule has 98 valence electrons. The molecule has 1 atom stereocenters. The molecule has 0 spiro atoms. The molecule has 1 unspecified atom stereocenters. The highest BCUT2D eigenvalue weighted by Gasteiger charge is 2.30. The fourth-order valence-electron chi connectivity index (χ4n) is 1.83. The lowest BCUT2D eigenvalue weighted by Gasteiger charge is -2.34. The fraction of sp³-hybridized carbons (Fsp3) is 0.500. The predicted octanol–water partition coefficient (Wildman–Crippen LogP) is -1.29. The van der Waals surface area contributed by atoms with Crippen molar-refractivity contribution < 1.29 is 9.53 Å². The molecule has 1 aliphatic rings. The van der Waals surface area contributed by atoms with Crippen LogP contribution in [-0.4, -0.2) is 48.7 Å². The van der Waals surface area contributed by atoms with Crippen LogP contribution in [0.4, 0.5) is 11.6 Å². The SMILES string of the molecule is CNC(=O)C1COCCN1c1cncc(NN)n1. The molecule has 0 bridgehead atoms. The van der Waals surface area contributed by atoms with Crippen LogP contribution in [0.1, 0.15) is 0 Å². The van der Waals surface area contributed by atoms with E-state index in [1.165, 1.54) is 6.20 Å². The Morgan fingerprint density at radius 1 is 1.61 bits per heavy atom. The van der Waals surface area contributed by atoms with Crippen molar-refractivity contribution >= 4 is 17.5 Å². The van der Waals surface area contributed by atoms with E-state index in [2.05, 4.69) is 20.7 Å². The standard InChI is InChI=1S/C10H16N6O2/c1-12-10(17)7-6-18-3-2-16(7)9-5-13-4-8(14-9)15-11/h4-5,7H,2-3,6,11H2,1H3,(H,12,17)(H,14,15). The molecular weight excluding hydrogens is 236 g/mol. The van der Waals surface area contributed by atoms with Crippen LogP contribution in [0.25, 0.3) is 0 Å². The summed E-state index contributed by atoms with van der Waals surface area (Å²) in [5.41, 5.74) is 2.43. The Labute approximate surface area is 104 Å². The fourth-order valence-corrected chi connectivity index (χ4v) is 1.83. The summed E-state index contributed by atoms with van der Waals surface area (Å²) in [7, 11) is 1.60. The summed E-state index contributed by atoms with van der Waals surface area (Å²) in [5, 5.41) is 2.61. The van der Waals surface area contributed by atoms with Gasteiger partial charge in [-0.3, -0.25) is 9.78 Å². The van der Waals surface area contributed by atoms with Gasteiger partial charge < -0.3 is 20.4 Å². The van der Waals surface area contributed by atoms with E-state index in [0.717, 1.165) is 0 Å². The van der Waals surface area contributed by atoms with Crippen LogP contribution in [0.5, 0.6) is 0 Å². The Balaban J connectivity index is 2.24. The topological polar surface area (TPSA) is 105 Å². The molecule has 8 nitrogen and oxygen atoms in total. The Kier molecular flexibility index (Phi) is 3.90. The molecule has 0 radical (unpaired) electrons. The highest BCUT2D eigenvalue weighted by Crippen LogP contribution is 2.17. The van der Waals surface area contributed by atoms with Gasteiger partial charge in [0.05, 0.1) is 25.6 Å². The van der Waals surface area contributed by atoms with Gasteiger partial charge in [0.15, 0.2) is 5.82 Å². The van der Waals surface area contributed by atoms with E-state index < -0.39 is 6.04 Å². The molecule has 8 heteroatoms. The smallest absolute Gasteiger partial charge is 0.244 e. The molecule has 1 aromatic heterocycles. The number of hydrazine groups is 1. The lowest BCUT2D eigenvalue weighted by molar-refractivity contribution is -0.124. The Morgan fingerprint density at radius 3 is 3.17 bits per heavy atom. The number of likely N-dealkylation sites (N-methyl/N-ethyl adjacent to an activating group) is 1. The normalized spacial score (nSPS) is 19.4. The van der Waals surface area contributed by atoms with Crippen LogP contribution < -0.4 is 21.5 Å². The second-order valence-corrected chi connectivity index (χ2v) is 3.81. The summed E-state index contributed by atoms with van der Waals surface area (Å²) in [5.74, 6) is 6.24. The largest absolute Gasteiger partial charge is 0.377 e. The summed E-state index contributed by atoms with van der Waals surface area (Å²) < 4.78 is 5.32. The Bertz CT molecular complexity index is 427. The van der Waals surface area contributed by atoms with E-state index in [0.29, 0.717) is 31.4 Å². The van der Waals surface area contributed by atoms with Gasteiger partial charge in [0.1, 0.15) is 11.9 Å². The van der Waals surface area contributed by atoms with Crippen molar-refractivity contribution in [2.75, 3.05) is 37.1 Å². The van der Waals surface area contributed by atoms with E-state index in [1.807, 2.05) is 4.90 Å². The zero-order chi connectivity index (χ0) is 13.0. The number of carbonyl (C=O) groups is 1. The average molecular weight is 252 g/mol. The summed E-state index contributed by atoms with van der Waals surface area (Å²) in [4.78, 5) is 21.9. The van der Waals surface area contributed by atoms with Gasteiger partial charge in [0, 0.05) is 13.6 Å². The predicted molar refractivity (Wildman–Crippen MR) is 65.9 cm³/mol. The van der Waals surface area contributed by atoms with Crippen molar-refractivity contribution in [3.05, 3.63) is 12.4 Å². The van der Waals surface area contributed by atoms with Crippen molar-refractivity contribution in [3.8, 4) is 0 Å². The summed E-state index contributed by atoms with van der Waals surface area (Å²) in [6.45, 7) is 1.47. The average Bonchev–Trinajstić information content (AvgIpc) is 2.46. The van der Waals surface area contributed by atoms with E-state index >= 15 is 0 Å². The Hall–Kier alpha value is -1.93. The first-order chi connectivity index (χ1) is 8.76. The highest BCUT2D eigenvalue weighted by atomic mass is 16.5. The number of nitrogens with zero attached hydrogens (tertiary/aromatic N) is 3. The third-order valence-corrected chi connectivity index (χ3v) is 2.74. The number of aromatic nitrogens is 2. The van der Waals surface area contributed by atoms with Crippen LogP contribution in [0, 0.1) is 0 Å². The number of hydrogen-bond acceptors (Lipinski definition) is 7. The number of ether oxygens (including phenoxy) is 1. The van der Waals surface area contributed by atoms with Crippen LogP contribution in [0.3, 0.4) is 0 Å². The van der Waals surface area contributed by atoms with E-state index in [9.17, 15) is 4.79 Å². The molecule has 1 saturated heterocycles. The van der Waals surface area contributed by atoms with Crippen molar-refractivity contribution in [3.63, 3.8) is 0 Å². The number of nitrogens with two attached hydrogens (primary N) is 1. The minimum Gasteiger partial charge on any atom is -0.377 e. The Morgan fingerprint density at radius 2 is 2.44 bits per heavy atom.